The Hall–Kier alpha value is -3.81. The molecule has 2 amide bonds. The zero-order valence-corrected chi connectivity index (χ0v) is 16.0. The van der Waals surface area contributed by atoms with Gasteiger partial charge in [0.15, 0.2) is 11.7 Å². The molecule has 1 aromatic heterocycles. The van der Waals surface area contributed by atoms with Gasteiger partial charge in [-0.05, 0) is 12.1 Å². The summed E-state index contributed by atoms with van der Waals surface area (Å²) in [5.74, 6) is 1.09. The highest BCUT2D eigenvalue weighted by molar-refractivity contribution is 5.84. The minimum atomic E-state index is -0.372. The van der Waals surface area contributed by atoms with Gasteiger partial charge in [0.05, 0.1) is 19.9 Å². The van der Waals surface area contributed by atoms with Gasteiger partial charge in [-0.1, -0.05) is 36.4 Å². The van der Waals surface area contributed by atoms with Crippen LogP contribution in [0, 0.1) is 0 Å². The maximum absolute atomic E-state index is 11.9. The van der Waals surface area contributed by atoms with Crippen LogP contribution in [0.15, 0.2) is 65.2 Å². The highest BCUT2D eigenvalue weighted by Crippen LogP contribution is 2.20. The number of carbonyl (C=O) groups is 2. The average molecular weight is 394 g/mol. The number of carbonyl (C=O) groups excluding carboxylic acids is 2. The van der Waals surface area contributed by atoms with Gasteiger partial charge in [0.2, 0.25) is 5.91 Å². The smallest absolute Gasteiger partial charge is 0.257 e. The number of rotatable bonds is 8. The largest absolute Gasteiger partial charge is 0.497 e. The van der Waals surface area contributed by atoms with E-state index in [0.29, 0.717) is 23.8 Å². The molecule has 150 valence electrons. The van der Waals surface area contributed by atoms with Crippen LogP contribution in [0.4, 0.5) is 5.69 Å². The first-order chi connectivity index (χ1) is 14.1. The van der Waals surface area contributed by atoms with E-state index in [9.17, 15) is 9.59 Å². The molecule has 3 rings (SSSR count). The Kier molecular flexibility index (Phi) is 6.83. The zero-order valence-electron chi connectivity index (χ0n) is 16.0. The molecule has 0 saturated carbocycles. The van der Waals surface area contributed by atoms with Crippen molar-refractivity contribution in [2.45, 2.75) is 12.8 Å². The topological polar surface area (TPSA) is 105 Å². The van der Waals surface area contributed by atoms with Gasteiger partial charge in [0.25, 0.3) is 5.91 Å². The molecule has 0 aliphatic carbocycles. The summed E-state index contributed by atoms with van der Waals surface area (Å²) >= 11 is 0. The first kappa shape index (κ1) is 19.9. The Morgan fingerprint density at radius 1 is 1.03 bits per heavy atom. The fraction of sp³-hybridized carbons (Fsp3) is 0.190. The lowest BCUT2D eigenvalue weighted by molar-refractivity contribution is -0.128. The number of oxazole rings is 1. The first-order valence-electron chi connectivity index (χ1n) is 9.10. The van der Waals surface area contributed by atoms with E-state index < -0.39 is 0 Å². The number of hydrogen-bond donors (Lipinski definition) is 3. The molecule has 3 N–H and O–H groups in total. The van der Waals surface area contributed by atoms with Gasteiger partial charge in [-0.15, -0.1) is 0 Å². The molecule has 8 nitrogen and oxygen atoms in total. The summed E-state index contributed by atoms with van der Waals surface area (Å²) < 4.78 is 10.8. The van der Waals surface area contributed by atoms with Crippen LogP contribution < -0.4 is 20.9 Å². The number of ether oxygens (including phenoxy) is 1. The van der Waals surface area contributed by atoms with Gasteiger partial charge in [-0.3, -0.25) is 20.4 Å². The molecule has 0 radical (unpaired) electrons. The Bertz CT molecular complexity index is 956. The third kappa shape index (κ3) is 6.10. The molecule has 29 heavy (non-hydrogen) atoms. The van der Waals surface area contributed by atoms with E-state index in [1.165, 1.54) is 0 Å². The van der Waals surface area contributed by atoms with Crippen LogP contribution in [-0.2, 0) is 16.0 Å². The minimum Gasteiger partial charge on any atom is -0.497 e. The number of hydrazine groups is 1. The summed E-state index contributed by atoms with van der Waals surface area (Å²) in [4.78, 5) is 28.0. The summed E-state index contributed by atoms with van der Waals surface area (Å²) in [5.41, 5.74) is 6.41. The number of benzene rings is 2. The van der Waals surface area contributed by atoms with Crippen LogP contribution in [0.3, 0.4) is 0 Å². The van der Waals surface area contributed by atoms with Crippen LogP contribution >= 0.6 is 0 Å². The molecule has 0 spiro atoms. The lowest BCUT2D eigenvalue weighted by atomic mass is 10.2. The van der Waals surface area contributed by atoms with Gasteiger partial charge >= 0.3 is 0 Å². The molecule has 0 aliphatic rings. The summed E-state index contributed by atoms with van der Waals surface area (Å²) in [5, 5.41) is 2.95. The van der Waals surface area contributed by atoms with Crippen molar-refractivity contribution in [3.8, 4) is 17.1 Å². The molecular formula is C21H22N4O4. The van der Waals surface area contributed by atoms with Gasteiger partial charge in [0, 0.05) is 30.2 Å². The van der Waals surface area contributed by atoms with E-state index in [2.05, 4.69) is 21.2 Å². The van der Waals surface area contributed by atoms with Crippen molar-refractivity contribution in [3.63, 3.8) is 0 Å². The molecule has 0 aliphatic heterocycles. The van der Waals surface area contributed by atoms with Crippen molar-refractivity contribution in [1.29, 1.82) is 0 Å². The summed E-state index contributed by atoms with van der Waals surface area (Å²) in [7, 11) is 1.57. The lowest BCUT2D eigenvalue weighted by Crippen LogP contribution is -2.44. The fourth-order valence-electron chi connectivity index (χ4n) is 2.54. The average Bonchev–Trinajstić information content (AvgIpc) is 3.24. The number of methoxy groups -OCH3 is 1. The zero-order chi connectivity index (χ0) is 20.5. The number of anilines is 1. The standard InChI is InChI=1S/C21H22N4O4/c1-28-17-9-5-8-16(12-17)22-14-20(27)25-24-19(26)10-11-21-23-13-18(29-21)15-6-3-2-4-7-15/h2-9,12-13,22H,10-11,14H2,1H3,(H,24,26)(H,25,27). The molecule has 0 bridgehead atoms. The van der Waals surface area contributed by atoms with Gasteiger partial charge in [0.1, 0.15) is 5.75 Å². The Morgan fingerprint density at radius 3 is 2.62 bits per heavy atom. The Labute approximate surface area is 168 Å². The van der Waals surface area contributed by atoms with Crippen LogP contribution in [0.2, 0.25) is 0 Å². The monoisotopic (exact) mass is 394 g/mol. The third-order valence-corrected chi connectivity index (χ3v) is 4.04. The molecule has 0 saturated heterocycles. The molecular weight excluding hydrogens is 372 g/mol. The number of hydrogen-bond acceptors (Lipinski definition) is 6. The molecule has 2 aromatic carbocycles. The highest BCUT2D eigenvalue weighted by Gasteiger charge is 2.10. The highest BCUT2D eigenvalue weighted by atomic mass is 16.5. The second-order valence-corrected chi connectivity index (χ2v) is 6.17. The second-order valence-electron chi connectivity index (χ2n) is 6.17. The van der Waals surface area contributed by atoms with Crippen LogP contribution in [0.25, 0.3) is 11.3 Å². The fourth-order valence-corrected chi connectivity index (χ4v) is 2.54. The molecule has 0 fully saturated rings. The quantitative estimate of drug-likeness (QED) is 0.507. The summed E-state index contributed by atoms with van der Waals surface area (Å²) in [6, 6.07) is 16.8. The predicted molar refractivity (Wildman–Crippen MR) is 108 cm³/mol. The van der Waals surface area contributed by atoms with Crippen molar-refractivity contribution >= 4 is 17.5 Å². The van der Waals surface area contributed by atoms with E-state index >= 15 is 0 Å². The maximum Gasteiger partial charge on any atom is 0.257 e. The molecule has 0 atom stereocenters. The number of amides is 2. The maximum atomic E-state index is 11.9. The van der Waals surface area contributed by atoms with Crippen molar-refractivity contribution in [1.82, 2.24) is 15.8 Å². The number of aryl methyl sites for hydroxylation is 1. The lowest BCUT2D eigenvalue weighted by Gasteiger charge is -2.09. The van der Waals surface area contributed by atoms with Crippen molar-refractivity contribution < 1.29 is 18.7 Å². The van der Waals surface area contributed by atoms with Crippen LogP contribution in [0.1, 0.15) is 12.3 Å². The third-order valence-electron chi connectivity index (χ3n) is 4.04. The van der Waals surface area contributed by atoms with Crippen molar-refractivity contribution in [2.24, 2.45) is 0 Å². The van der Waals surface area contributed by atoms with E-state index in [4.69, 9.17) is 9.15 Å². The SMILES string of the molecule is COc1cccc(NCC(=O)NNC(=O)CCc2ncc(-c3ccccc3)o2)c1. The van der Waals surface area contributed by atoms with E-state index in [1.807, 2.05) is 48.5 Å². The first-order valence-corrected chi connectivity index (χ1v) is 9.10. The number of nitrogens with zero attached hydrogens (tertiary/aromatic N) is 1. The molecule has 0 unspecified atom stereocenters. The minimum absolute atomic E-state index is 0.00756. The van der Waals surface area contributed by atoms with Crippen molar-refractivity contribution in [2.75, 3.05) is 19.0 Å². The predicted octanol–water partition coefficient (Wildman–Crippen LogP) is 2.54. The Morgan fingerprint density at radius 2 is 1.83 bits per heavy atom. The number of nitrogens with one attached hydrogen (secondary N) is 3. The van der Waals surface area contributed by atoms with Gasteiger partial charge in [-0.25, -0.2) is 4.98 Å². The van der Waals surface area contributed by atoms with E-state index in [1.54, 1.807) is 19.4 Å². The number of aromatic nitrogens is 1. The second kappa shape index (κ2) is 9.93. The molecule has 3 aromatic rings. The molecule has 8 heteroatoms. The summed E-state index contributed by atoms with van der Waals surface area (Å²) in [6.07, 6.45) is 2.10. The van der Waals surface area contributed by atoms with Crippen molar-refractivity contribution in [3.05, 3.63) is 66.7 Å². The molecule has 1 heterocycles. The van der Waals surface area contributed by atoms with Crippen LogP contribution in [-0.4, -0.2) is 30.5 Å². The van der Waals surface area contributed by atoms with E-state index in [0.717, 1.165) is 11.3 Å². The van der Waals surface area contributed by atoms with Gasteiger partial charge in [-0.2, -0.15) is 0 Å². The summed E-state index contributed by atoms with van der Waals surface area (Å²) in [6.45, 7) is 0.00756. The Balaban J connectivity index is 1.37. The normalized spacial score (nSPS) is 10.2. The van der Waals surface area contributed by atoms with Crippen LogP contribution in [0.5, 0.6) is 5.75 Å². The van der Waals surface area contributed by atoms with E-state index in [-0.39, 0.29) is 24.8 Å². The van der Waals surface area contributed by atoms with Gasteiger partial charge < -0.3 is 14.5 Å².